The van der Waals surface area contributed by atoms with Crippen molar-refractivity contribution in [2.24, 2.45) is 47.3 Å². The summed E-state index contributed by atoms with van der Waals surface area (Å²) in [6, 6.07) is 18.3. The second kappa shape index (κ2) is 11.4. The molecule has 4 heteroatoms. The van der Waals surface area contributed by atoms with E-state index in [0.29, 0.717) is 0 Å². The van der Waals surface area contributed by atoms with Crippen LogP contribution in [0.15, 0.2) is 72.8 Å². The van der Waals surface area contributed by atoms with Gasteiger partial charge in [-0.3, -0.25) is 0 Å². The van der Waals surface area contributed by atoms with E-state index in [-0.39, 0.29) is 0 Å². The summed E-state index contributed by atoms with van der Waals surface area (Å²) in [6.07, 6.45) is 18.2. The molecular weight excluding hydrogens is 492 g/mol. The van der Waals surface area contributed by atoms with Gasteiger partial charge < -0.3 is 20.1 Å². The van der Waals surface area contributed by atoms with E-state index in [1.54, 1.807) is 14.2 Å². The van der Waals surface area contributed by atoms with Gasteiger partial charge in [-0.2, -0.15) is 0 Å². The molecule has 4 saturated carbocycles. The first-order valence-corrected chi connectivity index (χ1v) is 15.8. The molecule has 10 atom stereocenters. The molecule has 4 bridgehead atoms. The Kier molecular flexibility index (Phi) is 7.49. The highest BCUT2D eigenvalue weighted by molar-refractivity contribution is 5.29. The minimum absolute atomic E-state index is 0.718. The molecule has 0 spiro atoms. The van der Waals surface area contributed by atoms with Crippen LogP contribution in [0.4, 0.5) is 0 Å². The van der Waals surface area contributed by atoms with Crippen molar-refractivity contribution < 1.29 is 9.47 Å². The third-order valence-electron chi connectivity index (χ3n) is 11.4. The van der Waals surface area contributed by atoms with Gasteiger partial charge in [-0.05, 0) is 121 Å². The summed E-state index contributed by atoms with van der Waals surface area (Å²) in [5.74, 6) is 9.33. The van der Waals surface area contributed by atoms with Crippen LogP contribution in [0.25, 0.3) is 0 Å². The zero-order valence-corrected chi connectivity index (χ0v) is 24.2. The van der Waals surface area contributed by atoms with Gasteiger partial charge in [0.15, 0.2) is 0 Å². The fourth-order valence-corrected chi connectivity index (χ4v) is 9.64. The lowest BCUT2D eigenvalue weighted by atomic mass is 9.79. The van der Waals surface area contributed by atoms with Crippen molar-refractivity contribution in [1.29, 1.82) is 0 Å². The Morgan fingerprint density at radius 1 is 0.625 bits per heavy atom. The first-order valence-electron chi connectivity index (χ1n) is 15.8. The lowest BCUT2D eigenvalue weighted by Crippen LogP contribution is -2.39. The van der Waals surface area contributed by atoms with Gasteiger partial charge in [-0.15, -0.1) is 0 Å². The van der Waals surface area contributed by atoms with Crippen molar-refractivity contribution in [2.75, 3.05) is 14.2 Å². The normalized spacial score (nSPS) is 37.4. The maximum Gasteiger partial charge on any atom is 0.119 e. The topological polar surface area (TPSA) is 42.5 Å². The molecule has 0 aromatic heterocycles. The smallest absolute Gasteiger partial charge is 0.119 e. The van der Waals surface area contributed by atoms with E-state index >= 15 is 0 Å². The van der Waals surface area contributed by atoms with Crippen LogP contribution in [0.5, 0.6) is 11.5 Å². The second-order valence-corrected chi connectivity index (χ2v) is 13.3. The van der Waals surface area contributed by atoms with Crippen molar-refractivity contribution in [3.05, 3.63) is 84.0 Å². The van der Waals surface area contributed by atoms with E-state index in [2.05, 4.69) is 71.3 Å². The maximum absolute atomic E-state index is 5.30. The van der Waals surface area contributed by atoms with Gasteiger partial charge in [0.05, 0.1) is 14.2 Å². The number of hydrogen-bond donors (Lipinski definition) is 2. The predicted octanol–water partition coefficient (Wildman–Crippen LogP) is 6.77. The summed E-state index contributed by atoms with van der Waals surface area (Å²) >= 11 is 0. The van der Waals surface area contributed by atoms with Crippen LogP contribution in [0.3, 0.4) is 0 Å². The molecule has 40 heavy (non-hydrogen) atoms. The van der Waals surface area contributed by atoms with Gasteiger partial charge in [-0.25, -0.2) is 0 Å². The minimum Gasteiger partial charge on any atom is -0.497 e. The van der Waals surface area contributed by atoms with Crippen LogP contribution in [-0.4, -0.2) is 26.3 Å². The molecule has 2 N–H and O–H groups in total. The Labute approximate surface area is 240 Å². The summed E-state index contributed by atoms with van der Waals surface area (Å²) in [7, 11) is 3.46. The molecule has 0 heterocycles. The third-order valence-corrected chi connectivity index (χ3v) is 11.4. The average molecular weight is 539 g/mol. The molecule has 6 aliphatic rings. The molecule has 212 valence electrons. The summed E-state index contributed by atoms with van der Waals surface area (Å²) in [5.41, 5.74) is 2.65. The number of hydrogen-bond acceptors (Lipinski definition) is 4. The lowest BCUT2D eigenvalue weighted by Gasteiger charge is -2.32. The molecule has 2 aromatic rings. The maximum atomic E-state index is 5.30. The Balaban J connectivity index is 0.000000132. The van der Waals surface area contributed by atoms with Gasteiger partial charge in [0.2, 0.25) is 0 Å². The second-order valence-electron chi connectivity index (χ2n) is 13.3. The number of fused-ring (bicyclic) bond motifs is 10. The van der Waals surface area contributed by atoms with Crippen LogP contribution in [-0.2, 0) is 13.1 Å². The quantitative estimate of drug-likeness (QED) is 0.364. The van der Waals surface area contributed by atoms with Crippen molar-refractivity contribution in [1.82, 2.24) is 10.6 Å². The molecule has 0 saturated heterocycles. The number of allylic oxidation sites excluding steroid dienone is 4. The summed E-state index contributed by atoms with van der Waals surface area (Å²) in [6.45, 7) is 1.93. The van der Waals surface area contributed by atoms with E-state index < -0.39 is 0 Å². The van der Waals surface area contributed by atoms with Crippen LogP contribution >= 0.6 is 0 Å². The number of methoxy groups -OCH3 is 2. The first-order chi connectivity index (χ1) is 19.7. The highest BCUT2D eigenvalue weighted by Gasteiger charge is 2.53. The van der Waals surface area contributed by atoms with Gasteiger partial charge in [0.25, 0.3) is 0 Å². The molecule has 0 radical (unpaired) electrons. The molecular formula is C36H46N2O2. The number of nitrogens with one attached hydrogen (secondary N) is 2. The largest absolute Gasteiger partial charge is 0.497 e. The fourth-order valence-electron chi connectivity index (χ4n) is 9.64. The highest BCUT2D eigenvalue weighted by Crippen LogP contribution is 2.57. The van der Waals surface area contributed by atoms with E-state index in [0.717, 1.165) is 84.0 Å². The van der Waals surface area contributed by atoms with Crippen molar-refractivity contribution in [2.45, 2.75) is 63.7 Å². The van der Waals surface area contributed by atoms with Gasteiger partial charge in [0, 0.05) is 25.2 Å². The monoisotopic (exact) mass is 538 g/mol. The molecule has 0 aliphatic heterocycles. The van der Waals surface area contributed by atoms with Crippen molar-refractivity contribution in [3.8, 4) is 11.5 Å². The number of ether oxygens (including phenoxy) is 2. The third kappa shape index (κ3) is 5.03. The van der Waals surface area contributed by atoms with Gasteiger partial charge in [-0.1, -0.05) is 48.6 Å². The summed E-state index contributed by atoms with van der Waals surface area (Å²) < 4.78 is 10.6. The highest BCUT2D eigenvalue weighted by atomic mass is 16.5. The first kappa shape index (κ1) is 26.3. The molecule has 4 fully saturated rings. The fraction of sp³-hybridized carbons (Fsp3) is 0.556. The van der Waals surface area contributed by atoms with Crippen LogP contribution in [0.2, 0.25) is 0 Å². The number of benzene rings is 2. The van der Waals surface area contributed by atoms with E-state index in [1.807, 2.05) is 12.1 Å². The van der Waals surface area contributed by atoms with Gasteiger partial charge in [0.1, 0.15) is 11.5 Å². The molecule has 4 unspecified atom stereocenters. The van der Waals surface area contributed by atoms with Crippen molar-refractivity contribution in [3.63, 3.8) is 0 Å². The Morgan fingerprint density at radius 2 is 1.20 bits per heavy atom. The van der Waals surface area contributed by atoms with E-state index in [4.69, 9.17) is 9.47 Å². The van der Waals surface area contributed by atoms with Gasteiger partial charge >= 0.3 is 0 Å². The van der Waals surface area contributed by atoms with Crippen LogP contribution in [0.1, 0.15) is 49.7 Å². The molecule has 4 nitrogen and oxygen atoms in total. The Hall–Kier alpha value is -2.56. The minimum atomic E-state index is 0.718. The molecule has 0 amide bonds. The van der Waals surface area contributed by atoms with Crippen LogP contribution < -0.4 is 20.1 Å². The average Bonchev–Trinajstić information content (AvgIpc) is 3.83. The SMILES string of the molecule is COc1cccc(CN[C@@H]2CC3CC2[C@@H]2C=CC[C@H]32)c1.COc1cccc(CN[C@@H]2CC3CC2[C@@H]2CC=C[C@H]32)c1. The van der Waals surface area contributed by atoms with E-state index in [1.165, 1.54) is 49.7 Å². The lowest BCUT2D eigenvalue weighted by molar-refractivity contribution is 0.225. The molecule has 8 rings (SSSR count). The zero-order valence-electron chi connectivity index (χ0n) is 24.2. The van der Waals surface area contributed by atoms with Crippen LogP contribution in [0, 0.1) is 47.3 Å². The molecule has 6 aliphatic carbocycles. The van der Waals surface area contributed by atoms with Crippen molar-refractivity contribution >= 4 is 0 Å². The Bertz CT molecular complexity index is 1240. The summed E-state index contributed by atoms with van der Waals surface area (Å²) in [5, 5.41) is 7.61. The predicted molar refractivity (Wildman–Crippen MR) is 161 cm³/mol. The standard InChI is InChI=1S/2C18H23NO/c2*1-20-14-5-2-4-12(8-14)11-19-18-10-13-9-17(18)16-7-3-6-15(13)16/h2-5,7-8,13,15-19H,6,9-11H2,1H3;2-6,8,13,15-19H,7,9-11H2,1H3/t2*13?,15-,16-,17?,18-/m11/s1. The Morgan fingerprint density at radius 3 is 1.88 bits per heavy atom. The molecule has 2 aromatic carbocycles. The summed E-state index contributed by atoms with van der Waals surface area (Å²) in [4.78, 5) is 0. The zero-order chi connectivity index (χ0) is 27.1. The van der Waals surface area contributed by atoms with E-state index in [9.17, 15) is 0 Å². The number of rotatable bonds is 8.